The minimum atomic E-state index is -4.10. The molecule has 2 aromatic rings. The first-order chi connectivity index (χ1) is 15.3. The Morgan fingerprint density at radius 1 is 1.09 bits per heavy atom. The minimum absolute atomic E-state index is 0.0979. The van der Waals surface area contributed by atoms with E-state index in [1.807, 2.05) is 0 Å². The number of benzene rings is 1. The molecule has 1 aromatic heterocycles. The van der Waals surface area contributed by atoms with Crippen LogP contribution in [0.5, 0.6) is 5.75 Å². The van der Waals surface area contributed by atoms with Crippen molar-refractivity contribution in [3.63, 3.8) is 0 Å². The molecule has 180 valence electrons. The lowest BCUT2D eigenvalue weighted by Gasteiger charge is -2.21. The monoisotopic (exact) mass is 482 g/mol. The molecule has 2 rings (SSSR count). The van der Waals surface area contributed by atoms with Gasteiger partial charge in [0.15, 0.2) is 6.61 Å². The van der Waals surface area contributed by atoms with E-state index in [4.69, 9.17) is 15.2 Å². The molecule has 0 saturated carbocycles. The number of esters is 1. The van der Waals surface area contributed by atoms with Gasteiger partial charge in [-0.2, -0.15) is 4.72 Å². The van der Waals surface area contributed by atoms with Gasteiger partial charge in [0, 0.05) is 14.1 Å². The first-order valence-electron chi connectivity index (χ1n) is 9.73. The normalized spacial score (nSPS) is 12.4. The van der Waals surface area contributed by atoms with Gasteiger partial charge in [0.25, 0.3) is 5.56 Å². The molecule has 1 atom stereocenters. The fourth-order valence-electron chi connectivity index (χ4n) is 2.87. The largest absolute Gasteiger partial charge is 0.497 e. The van der Waals surface area contributed by atoms with Crippen LogP contribution in [0.2, 0.25) is 0 Å². The summed E-state index contributed by atoms with van der Waals surface area (Å²) < 4.78 is 39.2. The van der Waals surface area contributed by atoms with E-state index in [9.17, 15) is 27.6 Å². The van der Waals surface area contributed by atoms with Crippen molar-refractivity contribution in [2.24, 2.45) is 20.0 Å². The SMILES string of the molecule is COc1ccc(S(=O)(=O)N[C@H](C(=O)OCC(=O)c2c(N)n(C)c(=O)n(C)c2=O)C(C)C)cc1. The zero-order valence-corrected chi connectivity index (χ0v) is 19.6. The summed E-state index contributed by atoms with van der Waals surface area (Å²) >= 11 is 0. The van der Waals surface area contributed by atoms with Gasteiger partial charge in [-0.05, 0) is 30.2 Å². The number of nitrogens with zero attached hydrogens (tertiary/aromatic N) is 2. The molecule has 0 aliphatic rings. The fourth-order valence-corrected chi connectivity index (χ4v) is 4.20. The Labute approximate surface area is 190 Å². The van der Waals surface area contributed by atoms with Gasteiger partial charge >= 0.3 is 11.7 Å². The average Bonchev–Trinajstić information content (AvgIpc) is 2.78. The second kappa shape index (κ2) is 10.0. The zero-order chi connectivity index (χ0) is 25.1. The minimum Gasteiger partial charge on any atom is -0.497 e. The van der Waals surface area contributed by atoms with Gasteiger partial charge in [-0.1, -0.05) is 13.8 Å². The molecule has 0 spiro atoms. The highest BCUT2D eigenvalue weighted by Gasteiger charge is 2.31. The summed E-state index contributed by atoms with van der Waals surface area (Å²) in [7, 11) is -0.204. The smallest absolute Gasteiger partial charge is 0.332 e. The summed E-state index contributed by atoms with van der Waals surface area (Å²) in [5, 5.41) is 0. The van der Waals surface area contributed by atoms with E-state index in [0.717, 1.165) is 4.57 Å². The van der Waals surface area contributed by atoms with E-state index in [1.54, 1.807) is 13.8 Å². The van der Waals surface area contributed by atoms with Gasteiger partial charge in [0.2, 0.25) is 15.8 Å². The van der Waals surface area contributed by atoms with Crippen molar-refractivity contribution in [1.82, 2.24) is 13.9 Å². The number of ketones is 1. The third-order valence-electron chi connectivity index (χ3n) is 4.91. The number of carbonyl (C=O) groups is 2. The molecule has 0 unspecified atom stereocenters. The second-order valence-corrected chi connectivity index (χ2v) is 9.23. The summed E-state index contributed by atoms with van der Waals surface area (Å²) in [5.41, 5.74) is 3.56. The lowest BCUT2D eigenvalue weighted by atomic mass is 10.1. The van der Waals surface area contributed by atoms with Crippen molar-refractivity contribution in [2.45, 2.75) is 24.8 Å². The van der Waals surface area contributed by atoms with Crippen molar-refractivity contribution >= 4 is 27.6 Å². The Balaban J connectivity index is 2.21. The van der Waals surface area contributed by atoms with E-state index in [2.05, 4.69) is 4.72 Å². The maximum atomic E-state index is 12.7. The number of anilines is 1. The average molecular weight is 483 g/mol. The molecule has 33 heavy (non-hydrogen) atoms. The number of hydrogen-bond donors (Lipinski definition) is 2. The number of hydrogen-bond acceptors (Lipinski definition) is 9. The van der Waals surface area contributed by atoms with Crippen LogP contribution in [0.3, 0.4) is 0 Å². The van der Waals surface area contributed by atoms with Crippen LogP contribution in [0.1, 0.15) is 24.2 Å². The third-order valence-corrected chi connectivity index (χ3v) is 6.36. The molecular weight excluding hydrogens is 456 g/mol. The first kappa shape index (κ1) is 25.8. The van der Waals surface area contributed by atoms with Crippen molar-refractivity contribution in [1.29, 1.82) is 0 Å². The zero-order valence-electron chi connectivity index (χ0n) is 18.8. The highest BCUT2D eigenvalue weighted by molar-refractivity contribution is 7.89. The number of sulfonamides is 1. The molecule has 0 fully saturated rings. The third kappa shape index (κ3) is 5.49. The van der Waals surface area contributed by atoms with E-state index in [0.29, 0.717) is 10.3 Å². The maximum absolute atomic E-state index is 12.7. The maximum Gasteiger partial charge on any atom is 0.332 e. The highest BCUT2D eigenvalue weighted by atomic mass is 32.2. The summed E-state index contributed by atoms with van der Waals surface area (Å²) in [6.07, 6.45) is 0. The van der Waals surface area contributed by atoms with E-state index >= 15 is 0 Å². The lowest BCUT2D eigenvalue weighted by molar-refractivity contribution is -0.145. The Morgan fingerprint density at radius 3 is 2.18 bits per heavy atom. The van der Waals surface area contributed by atoms with E-state index in [-0.39, 0.29) is 10.7 Å². The van der Waals surface area contributed by atoms with Gasteiger partial charge in [-0.3, -0.25) is 23.5 Å². The standard InChI is InChI=1S/C20H26N4O8S/c1-11(2)16(22-33(29,30)13-8-6-12(31-5)7-9-13)19(27)32-10-14(25)15-17(21)23(3)20(28)24(4)18(15)26/h6-9,11,16,22H,10,21H2,1-5H3/t16-/m0/s1. The summed E-state index contributed by atoms with van der Waals surface area (Å²) in [6.45, 7) is 2.31. The second-order valence-electron chi connectivity index (χ2n) is 7.52. The Kier molecular flexibility index (Phi) is 7.82. The molecule has 0 aliphatic heterocycles. The van der Waals surface area contributed by atoms with Gasteiger partial charge in [-0.15, -0.1) is 0 Å². The summed E-state index contributed by atoms with van der Waals surface area (Å²) in [4.78, 5) is 49.2. The van der Waals surface area contributed by atoms with Gasteiger partial charge in [0.1, 0.15) is 23.2 Å². The Morgan fingerprint density at radius 2 is 1.67 bits per heavy atom. The van der Waals surface area contributed by atoms with Crippen LogP contribution in [0, 0.1) is 5.92 Å². The van der Waals surface area contributed by atoms with Crippen LogP contribution in [0.15, 0.2) is 38.8 Å². The molecule has 3 N–H and O–H groups in total. The first-order valence-corrected chi connectivity index (χ1v) is 11.2. The molecule has 0 radical (unpaired) electrons. The molecule has 1 heterocycles. The van der Waals surface area contributed by atoms with Crippen LogP contribution in [-0.4, -0.2) is 49.1 Å². The van der Waals surface area contributed by atoms with Crippen LogP contribution in [0.25, 0.3) is 0 Å². The topological polar surface area (TPSA) is 169 Å². The molecule has 0 aliphatic carbocycles. The number of ether oxygens (including phenoxy) is 2. The van der Waals surface area contributed by atoms with Crippen molar-refractivity contribution in [2.75, 3.05) is 19.5 Å². The van der Waals surface area contributed by atoms with E-state index in [1.165, 1.54) is 45.5 Å². The number of methoxy groups -OCH3 is 1. The van der Waals surface area contributed by atoms with E-state index < -0.39 is 57.2 Å². The molecule has 0 bridgehead atoms. The predicted molar refractivity (Wildman–Crippen MR) is 119 cm³/mol. The molecule has 0 amide bonds. The van der Waals surface area contributed by atoms with Crippen molar-refractivity contribution < 1.29 is 27.5 Å². The van der Waals surface area contributed by atoms with Gasteiger partial charge in [0.05, 0.1) is 12.0 Å². The number of nitrogen functional groups attached to an aromatic ring is 1. The number of carbonyl (C=O) groups excluding carboxylic acids is 2. The number of nitrogens with one attached hydrogen (secondary N) is 1. The molecule has 1 aromatic carbocycles. The number of Topliss-reactive ketones (excluding diaryl/α,β-unsaturated/α-hetero) is 1. The predicted octanol–water partition coefficient (Wildman–Crippen LogP) is -0.596. The summed E-state index contributed by atoms with van der Waals surface area (Å²) in [5.74, 6) is -2.40. The highest BCUT2D eigenvalue weighted by Crippen LogP contribution is 2.17. The van der Waals surface area contributed by atoms with Crippen LogP contribution >= 0.6 is 0 Å². The lowest BCUT2D eigenvalue weighted by Crippen LogP contribution is -2.46. The molecule has 12 nitrogen and oxygen atoms in total. The summed E-state index contributed by atoms with van der Waals surface area (Å²) in [6, 6.07) is 4.21. The van der Waals surface area contributed by atoms with Crippen molar-refractivity contribution in [3.05, 3.63) is 50.7 Å². The number of nitrogens with two attached hydrogens (primary N) is 1. The molecule has 13 heteroatoms. The fraction of sp³-hybridized carbons (Fsp3) is 0.400. The molecular formula is C20H26N4O8S. The van der Waals surface area contributed by atoms with Crippen LogP contribution < -0.4 is 26.4 Å². The Bertz CT molecular complexity index is 1280. The number of rotatable bonds is 9. The quantitative estimate of drug-likeness (QED) is 0.350. The molecule has 0 saturated heterocycles. The van der Waals surface area contributed by atoms with Gasteiger partial charge < -0.3 is 15.2 Å². The van der Waals surface area contributed by atoms with Gasteiger partial charge in [-0.25, -0.2) is 13.2 Å². The van der Waals surface area contributed by atoms with Crippen molar-refractivity contribution in [3.8, 4) is 5.75 Å². The van der Waals surface area contributed by atoms with Crippen LogP contribution in [0.4, 0.5) is 5.82 Å². The Hall–Kier alpha value is -3.45. The van der Waals surface area contributed by atoms with Crippen LogP contribution in [-0.2, 0) is 33.7 Å². The number of aromatic nitrogens is 2.